The highest BCUT2D eigenvalue weighted by atomic mass is 16.5. The third-order valence-electron chi connectivity index (χ3n) is 2.00. The summed E-state index contributed by atoms with van der Waals surface area (Å²) in [5.74, 6) is 0.562. The predicted molar refractivity (Wildman–Crippen MR) is 58.4 cm³/mol. The van der Waals surface area contributed by atoms with Gasteiger partial charge in [-0.15, -0.1) is 0 Å². The maximum Gasteiger partial charge on any atom is 0.237 e. The van der Waals surface area contributed by atoms with Crippen LogP contribution in [0.2, 0.25) is 0 Å². The van der Waals surface area contributed by atoms with Gasteiger partial charge in [0.05, 0.1) is 12.3 Å². The largest absolute Gasteiger partial charge is 0.476 e. The molecule has 0 spiro atoms. The van der Waals surface area contributed by atoms with Crippen LogP contribution >= 0.6 is 0 Å². The van der Waals surface area contributed by atoms with E-state index in [1.54, 1.807) is 6.20 Å². The second-order valence-corrected chi connectivity index (χ2v) is 3.46. The SMILES string of the molecule is CCCCCOc1ncc(C)cc1N. The van der Waals surface area contributed by atoms with Crippen LogP contribution in [-0.2, 0) is 0 Å². The number of pyridine rings is 1. The number of nitrogen functional groups attached to an aromatic ring is 1. The highest BCUT2D eigenvalue weighted by Crippen LogP contribution is 2.18. The molecule has 78 valence electrons. The van der Waals surface area contributed by atoms with Crippen molar-refractivity contribution in [1.82, 2.24) is 4.98 Å². The molecule has 2 N–H and O–H groups in total. The lowest BCUT2D eigenvalue weighted by molar-refractivity contribution is 0.296. The summed E-state index contributed by atoms with van der Waals surface area (Å²) in [6, 6.07) is 1.88. The molecule has 0 saturated heterocycles. The van der Waals surface area contributed by atoms with Crippen molar-refractivity contribution in [3.63, 3.8) is 0 Å². The van der Waals surface area contributed by atoms with Crippen LogP contribution in [0.4, 0.5) is 5.69 Å². The van der Waals surface area contributed by atoms with Gasteiger partial charge in [0.25, 0.3) is 0 Å². The van der Waals surface area contributed by atoms with Gasteiger partial charge in [-0.3, -0.25) is 0 Å². The molecule has 0 amide bonds. The van der Waals surface area contributed by atoms with Crippen LogP contribution in [0.1, 0.15) is 31.7 Å². The van der Waals surface area contributed by atoms with Crippen molar-refractivity contribution in [2.24, 2.45) is 0 Å². The maximum absolute atomic E-state index is 5.75. The topological polar surface area (TPSA) is 48.1 Å². The van der Waals surface area contributed by atoms with Gasteiger partial charge in [-0.05, 0) is 25.0 Å². The maximum atomic E-state index is 5.75. The summed E-state index contributed by atoms with van der Waals surface area (Å²) in [4.78, 5) is 4.13. The van der Waals surface area contributed by atoms with Crippen molar-refractivity contribution in [3.05, 3.63) is 17.8 Å². The molecule has 0 atom stereocenters. The van der Waals surface area contributed by atoms with Gasteiger partial charge in [0, 0.05) is 6.20 Å². The minimum absolute atomic E-state index is 0.562. The molecule has 0 aliphatic carbocycles. The number of unbranched alkanes of at least 4 members (excludes halogenated alkanes) is 2. The first kappa shape index (κ1) is 10.8. The van der Waals surface area contributed by atoms with Crippen LogP contribution in [0.25, 0.3) is 0 Å². The summed E-state index contributed by atoms with van der Waals surface area (Å²) in [5, 5.41) is 0. The van der Waals surface area contributed by atoms with Crippen LogP contribution in [0.15, 0.2) is 12.3 Å². The van der Waals surface area contributed by atoms with E-state index in [9.17, 15) is 0 Å². The van der Waals surface area contributed by atoms with Crippen molar-refractivity contribution < 1.29 is 4.74 Å². The molecule has 1 aromatic rings. The number of ether oxygens (including phenoxy) is 1. The van der Waals surface area contributed by atoms with Crippen molar-refractivity contribution in [3.8, 4) is 5.88 Å². The lowest BCUT2D eigenvalue weighted by Gasteiger charge is -2.07. The van der Waals surface area contributed by atoms with Gasteiger partial charge in [-0.1, -0.05) is 19.8 Å². The Balaban J connectivity index is 2.42. The van der Waals surface area contributed by atoms with Gasteiger partial charge in [0.1, 0.15) is 0 Å². The molecule has 3 heteroatoms. The molecule has 0 saturated carbocycles. The van der Waals surface area contributed by atoms with Gasteiger partial charge in [-0.2, -0.15) is 0 Å². The minimum Gasteiger partial charge on any atom is -0.476 e. The third kappa shape index (κ3) is 3.24. The Bertz CT molecular complexity index is 287. The Hall–Kier alpha value is -1.25. The summed E-state index contributed by atoms with van der Waals surface area (Å²) in [6.07, 6.45) is 5.21. The monoisotopic (exact) mass is 194 g/mol. The van der Waals surface area contributed by atoms with Gasteiger partial charge >= 0.3 is 0 Å². The first-order valence-electron chi connectivity index (χ1n) is 5.09. The van der Waals surface area contributed by atoms with E-state index in [4.69, 9.17) is 10.5 Å². The van der Waals surface area contributed by atoms with Gasteiger partial charge in [-0.25, -0.2) is 4.98 Å². The van der Waals surface area contributed by atoms with E-state index >= 15 is 0 Å². The minimum atomic E-state index is 0.562. The molecule has 0 bridgehead atoms. The van der Waals surface area contributed by atoms with E-state index in [0.29, 0.717) is 18.2 Å². The summed E-state index contributed by atoms with van der Waals surface area (Å²) in [7, 11) is 0. The van der Waals surface area contributed by atoms with E-state index in [1.807, 2.05) is 13.0 Å². The quantitative estimate of drug-likeness (QED) is 0.733. The highest BCUT2D eigenvalue weighted by Gasteiger charge is 2.01. The van der Waals surface area contributed by atoms with Crippen molar-refractivity contribution in [1.29, 1.82) is 0 Å². The summed E-state index contributed by atoms with van der Waals surface area (Å²) >= 11 is 0. The third-order valence-corrected chi connectivity index (χ3v) is 2.00. The number of anilines is 1. The van der Waals surface area contributed by atoms with Gasteiger partial charge < -0.3 is 10.5 Å². The fraction of sp³-hybridized carbons (Fsp3) is 0.545. The van der Waals surface area contributed by atoms with Gasteiger partial charge in [0.2, 0.25) is 5.88 Å². The average Bonchev–Trinajstić information content (AvgIpc) is 2.15. The van der Waals surface area contributed by atoms with Crippen molar-refractivity contribution >= 4 is 5.69 Å². The Kier molecular flexibility index (Phi) is 4.23. The predicted octanol–water partition coefficient (Wildman–Crippen LogP) is 2.54. The standard InChI is InChI=1S/C11H18N2O/c1-3-4-5-6-14-11-10(12)7-9(2)8-13-11/h7-8H,3-6,12H2,1-2H3. The number of nitrogens with two attached hydrogens (primary N) is 1. The first-order chi connectivity index (χ1) is 6.74. The van der Waals surface area contributed by atoms with E-state index in [2.05, 4.69) is 11.9 Å². The lowest BCUT2D eigenvalue weighted by atomic mass is 10.3. The van der Waals surface area contributed by atoms with Crippen molar-refractivity contribution in [2.75, 3.05) is 12.3 Å². The first-order valence-corrected chi connectivity index (χ1v) is 5.09. The van der Waals surface area contributed by atoms with E-state index in [1.165, 1.54) is 12.8 Å². The van der Waals surface area contributed by atoms with Crippen LogP contribution in [-0.4, -0.2) is 11.6 Å². The molecule has 1 rings (SSSR count). The van der Waals surface area contributed by atoms with Crippen molar-refractivity contribution in [2.45, 2.75) is 33.1 Å². The fourth-order valence-electron chi connectivity index (χ4n) is 1.22. The van der Waals surface area contributed by atoms with Crippen LogP contribution in [0.5, 0.6) is 5.88 Å². The molecule has 0 aliphatic rings. The Labute approximate surface area is 85.3 Å². The van der Waals surface area contributed by atoms with Crippen LogP contribution in [0.3, 0.4) is 0 Å². The average molecular weight is 194 g/mol. The molecule has 0 aromatic carbocycles. The molecule has 1 heterocycles. The van der Waals surface area contributed by atoms with E-state index < -0.39 is 0 Å². The molecule has 0 fully saturated rings. The molecule has 14 heavy (non-hydrogen) atoms. The lowest BCUT2D eigenvalue weighted by Crippen LogP contribution is -2.02. The molecular formula is C11H18N2O. The normalized spacial score (nSPS) is 10.1. The Morgan fingerprint density at radius 1 is 1.43 bits per heavy atom. The Morgan fingerprint density at radius 2 is 2.21 bits per heavy atom. The smallest absolute Gasteiger partial charge is 0.237 e. The molecule has 3 nitrogen and oxygen atoms in total. The zero-order valence-electron chi connectivity index (χ0n) is 8.92. The van der Waals surface area contributed by atoms with Gasteiger partial charge in [0.15, 0.2) is 0 Å². The Morgan fingerprint density at radius 3 is 2.86 bits per heavy atom. The molecule has 0 unspecified atom stereocenters. The van der Waals surface area contributed by atoms with Crippen LogP contribution in [0, 0.1) is 6.92 Å². The second kappa shape index (κ2) is 5.47. The number of rotatable bonds is 5. The molecular weight excluding hydrogens is 176 g/mol. The molecule has 1 aromatic heterocycles. The van der Waals surface area contributed by atoms with E-state index in [0.717, 1.165) is 12.0 Å². The fourth-order valence-corrected chi connectivity index (χ4v) is 1.22. The molecule has 0 aliphatic heterocycles. The van der Waals surface area contributed by atoms with Crippen LogP contribution < -0.4 is 10.5 Å². The van der Waals surface area contributed by atoms with E-state index in [-0.39, 0.29) is 0 Å². The zero-order valence-corrected chi connectivity index (χ0v) is 8.92. The number of aryl methyl sites for hydroxylation is 1. The number of hydrogen-bond acceptors (Lipinski definition) is 3. The summed E-state index contributed by atoms with van der Waals surface area (Å²) in [5.41, 5.74) is 7.43. The second-order valence-electron chi connectivity index (χ2n) is 3.46. The number of hydrogen-bond donors (Lipinski definition) is 1. The molecule has 0 radical (unpaired) electrons. The summed E-state index contributed by atoms with van der Waals surface area (Å²) in [6.45, 7) is 4.83. The highest BCUT2D eigenvalue weighted by molar-refractivity contribution is 5.49. The zero-order chi connectivity index (χ0) is 10.4. The number of aromatic nitrogens is 1. The number of nitrogens with zero attached hydrogens (tertiary/aromatic N) is 1. The summed E-state index contributed by atoms with van der Waals surface area (Å²) < 4.78 is 5.46.